The molecule has 0 unspecified atom stereocenters. The topological polar surface area (TPSA) is 20.3 Å². The normalized spacial score (nSPS) is 16.1. The van der Waals surface area contributed by atoms with Crippen molar-refractivity contribution in [3.63, 3.8) is 0 Å². The molecule has 1 heterocycles. The molecule has 2 nitrogen and oxygen atoms in total. The number of alkyl halides is 3. The smallest absolute Gasteiger partial charge is 0.298 e. The number of thiophene rings is 1. The van der Waals surface area contributed by atoms with E-state index in [4.69, 9.17) is 0 Å². The molecule has 0 bridgehead atoms. The lowest BCUT2D eigenvalue weighted by atomic mass is 9.76. The first-order chi connectivity index (χ1) is 13.6. The van der Waals surface area contributed by atoms with Crippen LogP contribution in [0.25, 0.3) is 10.4 Å². The van der Waals surface area contributed by atoms with Crippen LogP contribution >= 0.6 is 24.2 Å². The molecule has 0 aliphatic heterocycles. The van der Waals surface area contributed by atoms with Crippen LogP contribution in [0.15, 0.2) is 24.3 Å². The summed E-state index contributed by atoms with van der Waals surface area (Å²) >= 11 is 6.05. The van der Waals surface area contributed by atoms with Crippen molar-refractivity contribution in [2.24, 2.45) is 5.41 Å². The third-order valence-electron chi connectivity index (χ3n) is 5.42. The van der Waals surface area contributed by atoms with Crippen molar-refractivity contribution in [1.82, 2.24) is 4.31 Å². The molecule has 0 fully saturated rings. The van der Waals surface area contributed by atoms with Crippen molar-refractivity contribution < 1.29 is 18.0 Å². The summed E-state index contributed by atoms with van der Waals surface area (Å²) < 4.78 is 38.8. The van der Waals surface area contributed by atoms with Crippen LogP contribution in [0.3, 0.4) is 0 Å². The number of fused-ring (bicyclic) bond motifs is 1. The van der Waals surface area contributed by atoms with Crippen LogP contribution in [0.4, 0.5) is 13.2 Å². The molecule has 0 saturated heterocycles. The van der Waals surface area contributed by atoms with Gasteiger partial charge in [-0.2, -0.15) is 13.2 Å². The predicted octanol–water partition coefficient (Wildman–Crippen LogP) is 6.73. The highest BCUT2D eigenvalue weighted by Crippen LogP contribution is 2.45. The fourth-order valence-corrected chi connectivity index (χ4v) is 5.52. The van der Waals surface area contributed by atoms with E-state index in [1.165, 1.54) is 10.4 Å². The Balaban J connectivity index is 1.84. The molecule has 2 aromatic rings. The Morgan fingerprint density at radius 1 is 1.28 bits per heavy atom. The summed E-state index contributed by atoms with van der Waals surface area (Å²) in [5, 5.41) is 0. The first-order valence-corrected chi connectivity index (χ1v) is 11.0. The van der Waals surface area contributed by atoms with E-state index < -0.39 is 12.6 Å². The average Bonchev–Trinajstić information content (AvgIpc) is 2.97. The zero-order chi connectivity index (χ0) is 21.2. The molecule has 0 saturated carbocycles. The van der Waals surface area contributed by atoms with Gasteiger partial charge in [0.1, 0.15) is 0 Å². The average molecular weight is 442 g/mol. The van der Waals surface area contributed by atoms with Crippen LogP contribution in [-0.2, 0) is 19.4 Å². The Labute approximate surface area is 179 Å². The van der Waals surface area contributed by atoms with E-state index in [-0.39, 0.29) is 18.4 Å². The number of hydrogen-bond acceptors (Lipinski definition) is 4. The maximum atomic E-state index is 12.4. The number of benzene rings is 1. The molecule has 158 valence electrons. The van der Waals surface area contributed by atoms with Gasteiger partial charge in [-0.3, -0.25) is 4.79 Å². The number of thiol groups is 1. The van der Waals surface area contributed by atoms with E-state index in [2.05, 4.69) is 26.7 Å². The summed E-state index contributed by atoms with van der Waals surface area (Å²) in [5.74, 6) is 0. The summed E-state index contributed by atoms with van der Waals surface area (Å²) in [6, 6.07) is 7.79. The van der Waals surface area contributed by atoms with Crippen molar-refractivity contribution in [2.75, 3.05) is 6.54 Å². The summed E-state index contributed by atoms with van der Waals surface area (Å²) in [7, 11) is 0. The van der Waals surface area contributed by atoms with Gasteiger partial charge in [0.25, 0.3) is 0 Å². The van der Waals surface area contributed by atoms with Gasteiger partial charge < -0.3 is 0 Å². The van der Waals surface area contributed by atoms with E-state index in [9.17, 15) is 18.0 Å². The molecule has 1 aliphatic carbocycles. The van der Waals surface area contributed by atoms with Crippen LogP contribution in [0.1, 0.15) is 59.5 Å². The molecule has 1 aromatic carbocycles. The number of nitrogens with zero attached hydrogens (tertiary/aromatic N) is 1. The van der Waals surface area contributed by atoms with Crippen molar-refractivity contribution in [1.29, 1.82) is 0 Å². The molecule has 1 aliphatic rings. The monoisotopic (exact) mass is 441 g/mol. The number of carbonyl (C=O) groups excluding carboxylic acids is 1. The van der Waals surface area contributed by atoms with Crippen molar-refractivity contribution in [3.8, 4) is 10.4 Å². The van der Waals surface area contributed by atoms with E-state index in [1.807, 2.05) is 24.3 Å². The van der Waals surface area contributed by atoms with Gasteiger partial charge in [0.2, 0.25) is 0 Å². The van der Waals surface area contributed by atoms with Gasteiger partial charge in [0.05, 0.1) is 0 Å². The van der Waals surface area contributed by atoms with Gasteiger partial charge in [-0.25, -0.2) is 4.31 Å². The molecular formula is C22H26F3NOS2. The molecule has 0 atom stereocenters. The number of aldehydes is 1. The van der Waals surface area contributed by atoms with Gasteiger partial charge >= 0.3 is 6.18 Å². The minimum absolute atomic E-state index is 0.0110. The maximum Gasteiger partial charge on any atom is 0.389 e. The third kappa shape index (κ3) is 5.64. The number of aryl methyl sites for hydroxylation is 1. The maximum absolute atomic E-state index is 12.4. The summed E-state index contributed by atoms with van der Waals surface area (Å²) in [5.41, 5.74) is 4.06. The second kappa shape index (κ2) is 8.82. The minimum atomic E-state index is -4.14. The summed E-state index contributed by atoms with van der Waals surface area (Å²) in [6.45, 7) is 5.13. The Hall–Kier alpha value is -1.31. The lowest BCUT2D eigenvalue weighted by molar-refractivity contribution is -0.135. The second-order valence-electron chi connectivity index (χ2n) is 8.47. The van der Waals surface area contributed by atoms with Gasteiger partial charge in [0, 0.05) is 34.8 Å². The summed E-state index contributed by atoms with van der Waals surface area (Å²) in [6.07, 6.45) is -1.01. The number of carbonyl (C=O) groups is 1. The van der Waals surface area contributed by atoms with E-state index in [1.54, 1.807) is 15.6 Å². The first kappa shape index (κ1) is 22.4. The highest BCUT2D eigenvalue weighted by atomic mass is 32.1. The van der Waals surface area contributed by atoms with E-state index in [0.717, 1.165) is 47.1 Å². The van der Waals surface area contributed by atoms with E-state index in [0.29, 0.717) is 6.54 Å². The molecule has 0 amide bonds. The fraction of sp³-hybridized carbons (Fsp3) is 0.500. The zero-order valence-corrected chi connectivity index (χ0v) is 18.4. The molecule has 29 heavy (non-hydrogen) atoms. The molecule has 0 radical (unpaired) electrons. The number of halogens is 3. The van der Waals surface area contributed by atoms with Crippen LogP contribution in [-0.4, -0.2) is 23.3 Å². The highest BCUT2D eigenvalue weighted by molar-refractivity contribution is 7.77. The lowest BCUT2D eigenvalue weighted by Crippen LogP contribution is -2.21. The predicted molar refractivity (Wildman–Crippen MR) is 116 cm³/mol. The van der Waals surface area contributed by atoms with Crippen LogP contribution in [0.2, 0.25) is 0 Å². The standard InChI is InChI=1S/C22H26F3NOS2/c1-21(2)10-8-19-17(12-21)18(14-27)20(29-19)16-7-4-3-6-15(16)13-26(28)11-5-9-22(23,24)25/h3-4,6-7,14,28H,5,8-13H2,1-2H3. The third-order valence-corrected chi connectivity index (χ3v) is 7.11. The molecule has 7 heteroatoms. The van der Waals surface area contributed by atoms with Gasteiger partial charge in [-0.15, -0.1) is 11.3 Å². The Morgan fingerprint density at radius 3 is 2.69 bits per heavy atom. The van der Waals surface area contributed by atoms with Crippen molar-refractivity contribution in [2.45, 2.75) is 58.7 Å². The van der Waals surface area contributed by atoms with E-state index >= 15 is 0 Å². The SMILES string of the molecule is CC1(C)CCc2sc(-c3ccccc3CN(S)CCCC(F)(F)F)c(C=O)c2C1. The highest BCUT2D eigenvalue weighted by Gasteiger charge is 2.31. The van der Waals surface area contributed by atoms with Gasteiger partial charge in [-0.05, 0) is 47.8 Å². The number of hydrogen-bond donors (Lipinski definition) is 1. The zero-order valence-electron chi connectivity index (χ0n) is 16.7. The largest absolute Gasteiger partial charge is 0.389 e. The van der Waals surface area contributed by atoms with Crippen molar-refractivity contribution >= 4 is 30.4 Å². The van der Waals surface area contributed by atoms with Crippen LogP contribution < -0.4 is 0 Å². The quantitative estimate of drug-likeness (QED) is 0.380. The molecule has 3 rings (SSSR count). The van der Waals surface area contributed by atoms with Crippen LogP contribution in [0.5, 0.6) is 0 Å². The second-order valence-corrected chi connectivity index (χ2v) is 10.1. The molecule has 1 aromatic heterocycles. The fourth-order valence-electron chi connectivity index (χ4n) is 3.88. The Bertz CT molecular complexity index is 873. The summed E-state index contributed by atoms with van der Waals surface area (Å²) in [4.78, 5) is 14.2. The number of rotatable bonds is 7. The molecule has 0 N–H and O–H groups in total. The lowest BCUT2D eigenvalue weighted by Gasteiger charge is -2.29. The molecule has 0 spiro atoms. The van der Waals surface area contributed by atoms with Gasteiger partial charge in [-0.1, -0.05) is 50.9 Å². The first-order valence-electron chi connectivity index (χ1n) is 9.78. The Kier molecular flexibility index (Phi) is 6.81. The van der Waals surface area contributed by atoms with Crippen LogP contribution in [0, 0.1) is 5.41 Å². The minimum Gasteiger partial charge on any atom is -0.298 e. The van der Waals surface area contributed by atoms with Crippen molar-refractivity contribution in [3.05, 3.63) is 45.8 Å². The molecular weight excluding hydrogens is 415 g/mol. The Morgan fingerprint density at radius 2 is 2.00 bits per heavy atom. The van der Waals surface area contributed by atoms with Gasteiger partial charge in [0.15, 0.2) is 6.29 Å².